The van der Waals surface area contributed by atoms with Crippen molar-refractivity contribution < 1.29 is 14.3 Å². The number of nitrogens with zero attached hydrogens (tertiary/aromatic N) is 1. The van der Waals surface area contributed by atoms with E-state index < -0.39 is 0 Å². The average Bonchev–Trinajstić information content (AvgIpc) is 3.12. The maximum absolute atomic E-state index is 12.4. The molecule has 0 aliphatic carbocycles. The van der Waals surface area contributed by atoms with Crippen LogP contribution in [0.3, 0.4) is 0 Å². The maximum atomic E-state index is 12.4. The van der Waals surface area contributed by atoms with Crippen molar-refractivity contribution >= 4 is 32.6 Å². The third kappa shape index (κ3) is 2.51. The van der Waals surface area contributed by atoms with E-state index in [0.717, 1.165) is 15.8 Å². The Bertz CT molecular complexity index is 933. The predicted molar refractivity (Wildman–Crippen MR) is 89.6 cm³/mol. The monoisotopic (exact) mass is 326 g/mol. The lowest BCUT2D eigenvalue weighted by molar-refractivity contribution is 0.102. The minimum atomic E-state index is -0.211. The first kappa shape index (κ1) is 14.0. The molecule has 5 nitrogen and oxygen atoms in total. The van der Waals surface area contributed by atoms with Crippen molar-refractivity contribution in [1.82, 2.24) is 4.98 Å². The van der Waals surface area contributed by atoms with E-state index >= 15 is 0 Å². The van der Waals surface area contributed by atoms with Crippen molar-refractivity contribution in [1.29, 1.82) is 0 Å². The summed E-state index contributed by atoms with van der Waals surface area (Å²) >= 11 is 1.48. The molecule has 2 aromatic carbocycles. The molecule has 0 spiro atoms. The highest BCUT2D eigenvalue weighted by Gasteiger charge is 2.17. The maximum Gasteiger partial charge on any atom is 0.257 e. The van der Waals surface area contributed by atoms with Gasteiger partial charge in [0.2, 0.25) is 6.79 Å². The molecule has 4 rings (SSSR count). The molecule has 2 heterocycles. The molecular formula is C17H14N2O3S. The number of benzene rings is 2. The Morgan fingerprint density at radius 3 is 2.87 bits per heavy atom. The molecule has 23 heavy (non-hydrogen) atoms. The lowest BCUT2D eigenvalue weighted by atomic mass is 10.1. The quantitative estimate of drug-likeness (QED) is 0.776. The molecule has 0 fully saturated rings. The van der Waals surface area contributed by atoms with E-state index in [1.165, 1.54) is 16.9 Å². The van der Waals surface area contributed by atoms with Crippen molar-refractivity contribution in [3.8, 4) is 11.5 Å². The number of aromatic nitrogens is 1. The molecular weight excluding hydrogens is 312 g/mol. The summed E-state index contributed by atoms with van der Waals surface area (Å²) in [5, 5.41) is 3.45. The average molecular weight is 326 g/mol. The number of carbonyl (C=O) groups excluding carboxylic acids is 1. The van der Waals surface area contributed by atoms with Crippen LogP contribution < -0.4 is 14.8 Å². The number of ether oxygens (including phenoxy) is 2. The highest BCUT2D eigenvalue weighted by Crippen LogP contribution is 2.33. The van der Waals surface area contributed by atoms with Crippen molar-refractivity contribution in [2.24, 2.45) is 0 Å². The van der Waals surface area contributed by atoms with Crippen molar-refractivity contribution in [3.05, 3.63) is 47.0 Å². The number of carbonyl (C=O) groups is 1. The molecule has 3 aromatic rings. The lowest BCUT2D eigenvalue weighted by Crippen LogP contribution is -2.11. The van der Waals surface area contributed by atoms with Crippen molar-refractivity contribution in [2.75, 3.05) is 12.1 Å². The van der Waals surface area contributed by atoms with Crippen LogP contribution in [-0.2, 0) is 0 Å². The van der Waals surface area contributed by atoms with Gasteiger partial charge in [-0.05, 0) is 49.2 Å². The van der Waals surface area contributed by atoms with Gasteiger partial charge in [0.15, 0.2) is 16.6 Å². The molecule has 6 heteroatoms. The van der Waals surface area contributed by atoms with Crippen LogP contribution >= 0.6 is 11.3 Å². The second kappa shape index (κ2) is 5.24. The molecule has 0 radical (unpaired) electrons. The first-order valence-electron chi connectivity index (χ1n) is 7.19. The van der Waals surface area contributed by atoms with Crippen molar-refractivity contribution in [3.63, 3.8) is 0 Å². The van der Waals surface area contributed by atoms with Gasteiger partial charge in [0, 0.05) is 5.56 Å². The highest BCUT2D eigenvalue weighted by molar-refractivity contribution is 7.22. The number of hydrogen-bond donors (Lipinski definition) is 1. The van der Waals surface area contributed by atoms with E-state index in [0.29, 0.717) is 22.2 Å². The molecule has 0 atom stereocenters. The largest absolute Gasteiger partial charge is 0.454 e. The van der Waals surface area contributed by atoms with E-state index in [9.17, 15) is 4.79 Å². The van der Waals surface area contributed by atoms with E-state index in [-0.39, 0.29) is 12.7 Å². The molecule has 116 valence electrons. The molecule has 1 aliphatic rings. The molecule has 0 bridgehead atoms. The molecule has 0 saturated heterocycles. The normalized spacial score (nSPS) is 12.6. The number of hydrogen-bond acceptors (Lipinski definition) is 5. The molecule has 0 unspecified atom stereocenters. The molecule has 1 aromatic heterocycles. The summed E-state index contributed by atoms with van der Waals surface area (Å²) in [6.45, 7) is 4.28. The summed E-state index contributed by atoms with van der Waals surface area (Å²) in [4.78, 5) is 16.9. The predicted octanol–water partition coefficient (Wildman–Crippen LogP) is 3.89. The molecule has 0 saturated carbocycles. The van der Waals surface area contributed by atoms with Gasteiger partial charge >= 0.3 is 0 Å². The van der Waals surface area contributed by atoms with E-state index in [1.54, 1.807) is 18.2 Å². The van der Waals surface area contributed by atoms with Gasteiger partial charge < -0.3 is 9.47 Å². The summed E-state index contributed by atoms with van der Waals surface area (Å²) in [5.41, 5.74) is 3.75. The first-order chi connectivity index (χ1) is 11.1. The zero-order chi connectivity index (χ0) is 16.0. The van der Waals surface area contributed by atoms with E-state index in [1.807, 2.05) is 13.0 Å². The van der Waals surface area contributed by atoms with Gasteiger partial charge in [-0.3, -0.25) is 10.1 Å². The van der Waals surface area contributed by atoms with Gasteiger partial charge in [-0.2, -0.15) is 0 Å². The van der Waals surface area contributed by atoms with E-state index in [2.05, 4.69) is 23.3 Å². The number of fused-ring (bicyclic) bond motifs is 2. The molecule has 1 N–H and O–H groups in total. The van der Waals surface area contributed by atoms with Crippen LogP contribution in [0.1, 0.15) is 21.5 Å². The smallest absolute Gasteiger partial charge is 0.257 e. The Morgan fingerprint density at radius 1 is 1.17 bits per heavy atom. The van der Waals surface area contributed by atoms with Crippen LogP contribution in [0.2, 0.25) is 0 Å². The Kier molecular flexibility index (Phi) is 3.20. The lowest BCUT2D eigenvalue weighted by Gasteiger charge is -2.02. The number of anilines is 1. The summed E-state index contributed by atoms with van der Waals surface area (Å²) in [6, 6.07) is 9.27. The Hall–Kier alpha value is -2.60. The fraction of sp³-hybridized carbons (Fsp3) is 0.176. The van der Waals surface area contributed by atoms with Gasteiger partial charge in [-0.25, -0.2) is 4.98 Å². The minimum Gasteiger partial charge on any atom is -0.454 e. The number of thiazole rings is 1. The van der Waals surface area contributed by atoms with Crippen molar-refractivity contribution in [2.45, 2.75) is 13.8 Å². The SMILES string of the molecule is Cc1cc(C)c2sc(NC(=O)c3ccc4c(c3)OCO4)nc2c1. The third-order valence-corrected chi connectivity index (χ3v) is 4.80. The second-order valence-electron chi connectivity index (χ2n) is 5.47. The Balaban J connectivity index is 1.62. The topological polar surface area (TPSA) is 60.5 Å². The first-order valence-corrected chi connectivity index (χ1v) is 8.00. The fourth-order valence-corrected chi connectivity index (χ4v) is 3.55. The second-order valence-corrected chi connectivity index (χ2v) is 6.47. The van der Waals surface area contributed by atoms with Crippen LogP contribution in [-0.4, -0.2) is 17.7 Å². The van der Waals surface area contributed by atoms with Gasteiger partial charge in [0.25, 0.3) is 5.91 Å². The van der Waals surface area contributed by atoms with Crippen LogP contribution in [0.15, 0.2) is 30.3 Å². The third-order valence-electron chi connectivity index (χ3n) is 3.68. The Labute approximate surface area is 136 Å². The Morgan fingerprint density at radius 2 is 2.00 bits per heavy atom. The number of nitrogens with one attached hydrogen (secondary N) is 1. The van der Waals surface area contributed by atoms with Gasteiger partial charge in [-0.1, -0.05) is 17.4 Å². The van der Waals surface area contributed by atoms with Gasteiger partial charge in [0.1, 0.15) is 0 Å². The van der Waals surface area contributed by atoms with Crippen LogP contribution in [0.25, 0.3) is 10.2 Å². The van der Waals surface area contributed by atoms with Gasteiger partial charge in [0.05, 0.1) is 10.2 Å². The summed E-state index contributed by atoms with van der Waals surface area (Å²) in [6.07, 6.45) is 0. The minimum absolute atomic E-state index is 0.191. The van der Waals surface area contributed by atoms with Crippen LogP contribution in [0, 0.1) is 13.8 Å². The zero-order valence-corrected chi connectivity index (χ0v) is 13.5. The van der Waals surface area contributed by atoms with Crippen LogP contribution in [0.5, 0.6) is 11.5 Å². The summed E-state index contributed by atoms with van der Waals surface area (Å²) in [5.74, 6) is 1.04. The van der Waals surface area contributed by atoms with Gasteiger partial charge in [-0.15, -0.1) is 0 Å². The summed E-state index contributed by atoms with van der Waals surface area (Å²) in [7, 11) is 0. The van der Waals surface area contributed by atoms with E-state index in [4.69, 9.17) is 9.47 Å². The standard InChI is InChI=1S/C17H14N2O3S/c1-9-5-10(2)15-12(6-9)18-17(23-15)19-16(20)11-3-4-13-14(7-11)22-8-21-13/h3-7H,8H2,1-2H3,(H,18,19,20). The highest BCUT2D eigenvalue weighted by atomic mass is 32.1. The number of rotatable bonds is 2. The number of aryl methyl sites for hydroxylation is 2. The number of amides is 1. The molecule has 1 aliphatic heterocycles. The van der Waals surface area contributed by atoms with Crippen LogP contribution in [0.4, 0.5) is 5.13 Å². The molecule has 1 amide bonds. The zero-order valence-electron chi connectivity index (χ0n) is 12.7. The fourth-order valence-electron chi connectivity index (χ4n) is 2.64. The summed E-state index contributed by atoms with van der Waals surface area (Å²) < 4.78 is 11.6.